The second kappa shape index (κ2) is 6.62. The van der Waals surface area contributed by atoms with Crippen LogP contribution in [-0.4, -0.2) is 37.8 Å². The van der Waals surface area contributed by atoms with E-state index in [-0.39, 0.29) is 6.04 Å². The monoisotopic (exact) mass is 205 g/mol. The Morgan fingerprint density at radius 3 is 2.14 bits per heavy atom. The van der Waals surface area contributed by atoms with Crippen molar-refractivity contribution in [2.24, 2.45) is 5.92 Å². The molecule has 1 atom stereocenters. The fraction of sp³-hybridized carbons (Fsp3) is 0.889. The van der Waals surface area contributed by atoms with Gasteiger partial charge in [0.1, 0.15) is 0 Å². The van der Waals surface area contributed by atoms with Crippen molar-refractivity contribution in [1.29, 1.82) is 0 Å². The third-order valence-electron chi connectivity index (χ3n) is 1.83. The molecule has 0 aromatic heterocycles. The van der Waals surface area contributed by atoms with Crippen LogP contribution in [0.4, 0.5) is 4.79 Å². The summed E-state index contributed by atoms with van der Waals surface area (Å²) in [5.41, 5.74) is 0. The predicted molar refractivity (Wildman–Crippen MR) is 52.2 cm³/mol. The topological polar surface area (TPSA) is 67.8 Å². The summed E-state index contributed by atoms with van der Waals surface area (Å²) in [4.78, 5) is 10.5. The normalized spacial score (nSPS) is 13.3. The van der Waals surface area contributed by atoms with Gasteiger partial charge in [-0.15, -0.1) is 0 Å². The van der Waals surface area contributed by atoms with Crippen LogP contribution in [0.25, 0.3) is 0 Å². The highest BCUT2D eigenvalue weighted by Crippen LogP contribution is 2.11. The fourth-order valence-corrected chi connectivity index (χ4v) is 1.33. The Labute approximate surface area is 84.4 Å². The van der Waals surface area contributed by atoms with Crippen LogP contribution in [0.2, 0.25) is 0 Å². The molecular weight excluding hydrogens is 186 g/mol. The number of carbonyl (C=O) groups is 1. The molecule has 5 nitrogen and oxygen atoms in total. The van der Waals surface area contributed by atoms with Gasteiger partial charge in [0.25, 0.3) is 0 Å². The van der Waals surface area contributed by atoms with Crippen LogP contribution in [0.15, 0.2) is 0 Å². The molecule has 84 valence electrons. The molecule has 2 N–H and O–H groups in total. The van der Waals surface area contributed by atoms with Crippen molar-refractivity contribution in [3.63, 3.8) is 0 Å². The Morgan fingerprint density at radius 1 is 1.36 bits per heavy atom. The number of carboxylic acid groups (broad SMARTS) is 1. The van der Waals surface area contributed by atoms with Gasteiger partial charge in [0.2, 0.25) is 0 Å². The first-order chi connectivity index (χ1) is 6.51. The molecule has 0 aliphatic carbocycles. The Bertz CT molecular complexity index is 168. The highest BCUT2D eigenvalue weighted by atomic mass is 16.7. The van der Waals surface area contributed by atoms with Crippen molar-refractivity contribution in [2.75, 3.05) is 14.2 Å². The van der Waals surface area contributed by atoms with Gasteiger partial charge in [-0.05, 0) is 12.3 Å². The Hall–Kier alpha value is -0.810. The van der Waals surface area contributed by atoms with Crippen LogP contribution >= 0.6 is 0 Å². The van der Waals surface area contributed by atoms with Crippen LogP contribution in [0.1, 0.15) is 20.3 Å². The summed E-state index contributed by atoms with van der Waals surface area (Å²) in [5, 5.41) is 11.0. The van der Waals surface area contributed by atoms with Crippen molar-refractivity contribution in [3.8, 4) is 0 Å². The Morgan fingerprint density at radius 2 is 1.86 bits per heavy atom. The van der Waals surface area contributed by atoms with E-state index in [1.807, 2.05) is 13.8 Å². The van der Waals surface area contributed by atoms with Crippen molar-refractivity contribution >= 4 is 6.09 Å². The molecular formula is C9H19NO4. The molecule has 0 aromatic rings. The minimum Gasteiger partial charge on any atom is -0.465 e. The van der Waals surface area contributed by atoms with Crippen LogP contribution in [0, 0.1) is 5.92 Å². The van der Waals surface area contributed by atoms with Crippen molar-refractivity contribution in [2.45, 2.75) is 32.6 Å². The zero-order valence-electron chi connectivity index (χ0n) is 9.11. The highest BCUT2D eigenvalue weighted by molar-refractivity contribution is 5.64. The third-order valence-corrected chi connectivity index (χ3v) is 1.83. The summed E-state index contributed by atoms with van der Waals surface area (Å²) in [6, 6.07) is -0.331. The molecule has 0 rings (SSSR count). The number of amides is 1. The summed E-state index contributed by atoms with van der Waals surface area (Å²) in [7, 11) is 2.98. The van der Waals surface area contributed by atoms with Gasteiger partial charge >= 0.3 is 6.09 Å². The molecule has 0 aliphatic rings. The van der Waals surface area contributed by atoms with E-state index in [1.165, 1.54) is 14.2 Å². The van der Waals surface area contributed by atoms with Gasteiger partial charge in [-0.2, -0.15) is 0 Å². The molecule has 0 aromatic carbocycles. The maximum Gasteiger partial charge on any atom is 0.405 e. The van der Waals surface area contributed by atoms with Crippen molar-refractivity contribution < 1.29 is 19.4 Å². The zero-order valence-corrected chi connectivity index (χ0v) is 9.11. The van der Waals surface area contributed by atoms with E-state index in [2.05, 4.69) is 5.32 Å². The summed E-state index contributed by atoms with van der Waals surface area (Å²) >= 11 is 0. The van der Waals surface area contributed by atoms with Crippen molar-refractivity contribution in [1.82, 2.24) is 5.32 Å². The van der Waals surface area contributed by atoms with E-state index >= 15 is 0 Å². The van der Waals surface area contributed by atoms with Gasteiger partial charge in [0.15, 0.2) is 6.29 Å². The number of ether oxygens (including phenoxy) is 2. The predicted octanol–water partition coefficient (Wildman–Crippen LogP) is 1.29. The molecule has 14 heavy (non-hydrogen) atoms. The Kier molecular flexibility index (Phi) is 6.23. The molecule has 0 bridgehead atoms. The molecule has 0 fully saturated rings. The maximum absolute atomic E-state index is 10.5. The SMILES string of the molecule is COC(OC)C(CC(C)C)NC(=O)O. The summed E-state index contributed by atoms with van der Waals surface area (Å²) in [5.74, 6) is 0.375. The van der Waals surface area contributed by atoms with E-state index in [0.29, 0.717) is 12.3 Å². The summed E-state index contributed by atoms with van der Waals surface area (Å²) < 4.78 is 10.0. The first-order valence-electron chi connectivity index (χ1n) is 4.56. The van der Waals surface area contributed by atoms with Gasteiger partial charge in [0.05, 0.1) is 6.04 Å². The average molecular weight is 205 g/mol. The minimum absolute atomic E-state index is 0.331. The van der Waals surface area contributed by atoms with E-state index in [4.69, 9.17) is 14.6 Å². The molecule has 0 saturated carbocycles. The number of methoxy groups -OCH3 is 2. The van der Waals surface area contributed by atoms with Crippen LogP contribution in [0.5, 0.6) is 0 Å². The standard InChI is InChI=1S/C9H19NO4/c1-6(2)5-7(10-9(11)12)8(13-3)14-4/h6-8,10H,5H2,1-4H3,(H,11,12). The molecule has 0 spiro atoms. The molecule has 0 saturated heterocycles. The quantitative estimate of drug-likeness (QED) is 0.641. The number of hydrogen-bond donors (Lipinski definition) is 2. The lowest BCUT2D eigenvalue weighted by molar-refractivity contribution is -0.124. The van der Waals surface area contributed by atoms with Gasteiger partial charge in [-0.3, -0.25) is 0 Å². The van der Waals surface area contributed by atoms with Gasteiger partial charge in [0, 0.05) is 14.2 Å². The lowest BCUT2D eigenvalue weighted by Gasteiger charge is -2.25. The second-order valence-electron chi connectivity index (χ2n) is 3.53. The number of nitrogens with one attached hydrogen (secondary N) is 1. The van der Waals surface area contributed by atoms with E-state index < -0.39 is 12.4 Å². The van der Waals surface area contributed by atoms with E-state index in [1.54, 1.807) is 0 Å². The molecule has 0 aliphatic heterocycles. The van der Waals surface area contributed by atoms with Gasteiger partial charge in [-0.1, -0.05) is 13.8 Å². The van der Waals surface area contributed by atoms with E-state index in [9.17, 15) is 4.79 Å². The molecule has 0 radical (unpaired) electrons. The number of rotatable bonds is 6. The fourth-order valence-electron chi connectivity index (χ4n) is 1.33. The smallest absolute Gasteiger partial charge is 0.405 e. The molecule has 1 unspecified atom stereocenters. The van der Waals surface area contributed by atoms with E-state index in [0.717, 1.165) is 0 Å². The highest BCUT2D eigenvalue weighted by Gasteiger charge is 2.23. The molecule has 1 amide bonds. The summed E-state index contributed by atoms with van der Waals surface area (Å²) in [6.07, 6.45) is -0.915. The lowest BCUT2D eigenvalue weighted by atomic mass is 10.0. The van der Waals surface area contributed by atoms with Crippen LogP contribution in [0.3, 0.4) is 0 Å². The minimum atomic E-state index is -1.06. The van der Waals surface area contributed by atoms with Crippen LogP contribution in [-0.2, 0) is 9.47 Å². The van der Waals surface area contributed by atoms with Gasteiger partial charge < -0.3 is 19.9 Å². The summed E-state index contributed by atoms with van der Waals surface area (Å²) in [6.45, 7) is 4.03. The van der Waals surface area contributed by atoms with Crippen LogP contribution < -0.4 is 5.32 Å². The first-order valence-corrected chi connectivity index (χ1v) is 4.56. The van der Waals surface area contributed by atoms with Crippen molar-refractivity contribution in [3.05, 3.63) is 0 Å². The first kappa shape index (κ1) is 13.2. The molecule has 0 heterocycles. The largest absolute Gasteiger partial charge is 0.465 e. The average Bonchev–Trinajstić information content (AvgIpc) is 2.03. The van der Waals surface area contributed by atoms with Gasteiger partial charge in [-0.25, -0.2) is 4.79 Å². The lowest BCUT2D eigenvalue weighted by Crippen LogP contribution is -2.45. The second-order valence-corrected chi connectivity index (χ2v) is 3.53. The maximum atomic E-state index is 10.5. The molecule has 5 heteroatoms. The third kappa shape index (κ3) is 5.04. The number of hydrogen-bond acceptors (Lipinski definition) is 3. The zero-order chi connectivity index (χ0) is 11.1. The Balaban J connectivity index is 4.27.